The molecule has 2 aliphatic heterocycles. The molecule has 1 aromatic rings. The number of carbonyl (C=O) groups excluding carboxylic acids is 2. The largest absolute Gasteiger partial charge is 0.341 e. The summed E-state index contributed by atoms with van der Waals surface area (Å²) in [4.78, 5) is 30.2. The van der Waals surface area contributed by atoms with Gasteiger partial charge in [-0.3, -0.25) is 9.69 Å². The van der Waals surface area contributed by atoms with E-state index < -0.39 is 0 Å². The topological polar surface area (TPSA) is 43.9 Å². The third kappa shape index (κ3) is 3.78. The lowest BCUT2D eigenvalue weighted by atomic mass is 10.2. The average molecular weight is 336 g/mol. The first-order chi connectivity index (χ1) is 11.1. The third-order valence-electron chi connectivity index (χ3n) is 4.52. The smallest absolute Gasteiger partial charge is 0.325 e. The molecule has 3 rings (SSSR count). The van der Waals surface area contributed by atoms with E-state index in [1.807, 2.05) is 17.0 Å². The maximum Gasteiger partial charge on any atom is 0.325 e. The lowest BCUT2D eigenvalue weighted by molar-refractivity contribution is -0.131. The van der Waals surface area contributed by atoms with E-state index in [-0.39, 0.29) is 18.5 Å². The first kappa shape index (κ1) is 16.1. The van der Waals surface area contributed by atoms with Gasteiger partial charge in [0, 0.05) is 36.9 Å². The molecule has 6 heteroatoms. The van der Waals surface area contributed by atoms with E-state index in [0.29, 0.717) is 18.1 Å². The fraction of sp³-hybridized carbons (Fsp3) is 0.529. The number of anilines is 1. The van der Waals surface area contributed by atoms with Gasteiger partial charge in [0.25, 0.3) is 0 Å². The van der Waals surface area contributed by atoms with Gasteiger partial charge in [0.15, 0.2) is 0 Å². The second kappa shape index (κ2) is 7.21. The quantitative estimate of drug-likeness (QED) is 0.852. The number of benzene rings is 1. The SMILES string of the molecule is O=C(CN1CCN(c2ccc(Cl)cc2)C1=O)N1CCCCCC1. The van der Waals surface area contributed by atoms with Crippen LogP contribution in [0.3, 0.4) is 0 Å². The second-order valence-corrected chi connectivity index (χ2v) is 6.56. The van der Waals surface area contributed by atoms with Crippen LogP contribution >= 0.6 is 11.6 Å². The van der Waals surface area contributed by atoms with Crippen molar-refractivity contribution >= 4 is 29.2 Å². The highest BCUT2D eigenvalue weighted by Crippen LogP contribution is 2.22. The van der Waals surface area contributed by atoms with Crippen LogP contribution < -0.4 is 4.90 Å². The molecule has 2 saturated heterocycles. The minimum atomic E-state index is -0.101. The van der Waals surface area contributed by atoms with Gasteiger partial charge >= 0.3 is 6.03 Å². The number of rotatable bonds is 3. The molecule has 3 amide bonds. The Morgan fingerprint density at radius 2 is 1.61 bits per heavy atom. The van der Waals surface area contributed by atoms with E-state index in [1.54, 1.807) is 21.9 Å². The molecule has 2 aliphatic rings. The van der Waals surface area contributed by atoms with Crippen molar-refractivity contribution in [3.63, 3.8) is 0 Å². The van der Waals surface area contributed by atoms with Crippen LogP contribution in [-0.2, 0) is 4.79 Å². The number of hydrogen-bond acceptors (Lipinski definition) is 2. The molecular formula is C17H22ClN3O2. The summed E-state index contributed by atoms with van der Waals surface area (Å²) in [7, 11) is 0. The zero-order valence-electron chi connectivity index (χ0n) is 13.2. The predicted octanol–water partition coefficient (Wildman–Crippen LogP) is 2.98. The van der Waals surface area contributed by atoms with Gasteiger partial charge in [0.05, 0.1) is 0 Å². The van der Waals surface area contributed by atoms with Gasteiger partial charge in [0.2, 0.25) is 5.91 Å². The minimum Gasteiger partial charge on any atom is -0.341 e. The molecule has 0 aromatic heterocycles. The molecule has 0 bridgehead atoms. The molecular weight excluding hydrogens is 314 g/mol. The number of carbonyl (C=O) groups is 2. The van der Waals surface area contributed by atoms with Crippen molar-refractivity contribution in [3.8, 4) is 0 Å². The van der Waals surface area contributed by atoms with Crippen LogP contribution in [-0.4, -0.2) is 54.5 Å². The summed E-state index contributed by atoms with van der Waals surface area (Å²) in [5.74, 6) is 0.0678. The van der Waals surface area contributed by atoms with E-state index in [0.717, 1.165) is 31.6 Å². The van der Waals surface area contributed by atoms with Crippen molar-refractivity contribution < 1.29 is 9.59 Å². The Morgan fingerprint density at radius 1 is 0.957 bits per heavy atom. The molecule has 1 aromatic carbocycles. The molecule has 0 unspecified atom stereocenters. The van der Waals surface area contributed by atoms with Crippen molar-refractivity contribution in [1.82, 2.24) is 9.80 Å². The van der Waals surface area contributed by atoms with Crippen LogP contribution in [0, 0.1) is 0 Å². The maximum atomic E-state index is 12.5. The average Bonchev–Trinajstić information content (AvgIpc) is 2.78. The standard InChI is InChI=1S/C17H22ClN3O2/c18-14-5-7-15(8-6-14)21-12-11-20(17(21)23)13-16(22)19-9-3-1-2-4-10-19/h5-8H,1-4,9-13H2. The van der Waals surface area contributed by atoms with E-state index in [2.05, 4.69) is 0 Å². The highest BCUT2D eigenvalue weighted by molar-refractivity contribution is 6.30. The predicted molar refractivity (Wildman–Crippen MR) is 90.8 cm³/mol. The summed E-state index contributed by atoms with van der Waals surface area (Å²) < 4.78 is 0. The van der Waals surface area contributed by atoms with Crippen LogP contribution in [0.25, 0.3) is 0 Å². The summed E-state index contributed by atoms with van der Waals surface area (Å²) >= 11 is 5.89. The van der Waals surface area contributed by atoms with Gasteiger partial charge in [0.1, 0.15) is 6.54 Å². The molecule has 0 atom stereocenters. The summed E-state index contributed by atoms with van der Waals surface area (Å²) in [6.45, 7) is 3.02. The van der Waals surface area contributed by atoms with Crippen LogP contribution in [0.2, 0.25) is 5.02 Å². The molecule has 0 N–H and O–H groups in total. The summed E-state index contributed by atoms with van der Waals surface area (Å²) in [6.07, 6.45) is 4.51. The Bertz CT molecular complexity index is 568. The normalized spacial score (nSPS) is 19.2. The first-order valence-electron chi connectivity index (χ1n) is 8.25. The lowest BCUT2D eigenvalue weighted by Gasteiger charge is -2.24. The van der Waals surface area contributed by atoms with Crippen LogP contribution in [0.15, 0.2) is 24.3 Å². The zero-order valence-corrected chi connectivity index (χ0v) is 14.0. The number of halogens is 1. The van der Waals surface area contributed by atoms with Gasteiger partial charge in [-0.1, -0.05) is 24.4 Å². The Labute approximate surface area is 141 Å². The molecule has 0 radical (unpaired) electrons. The maximum absolute atomic E-state index is 12.5. The molecule has 2 fully saturated rings. The van der Waals surface area contributed by atoms with Crippen molar-refractivity contribution in [2.24, 2.45) is 0 Å². The van der Waals surface area contributed by atoms with Gasteiger partial charge in [-0.25, -0.2) is 4.79 Å². The van der Waals surface area contributed by atoms with Crippen molar-refractivity contribution in [2.75, 3.05) is 37.6 Å². The van der Waals surface area contributed by atoms with Crippen LogP contribution in [0.5, 0.6) is 0 Å². The number of hydrogen-bond donors (Lipinski definition) is 0. The van der Waals surface area contributed by atoms with E-state index >= 15 is 0 Å². The van der Waals surface area contributed by atoms with Crippen molar-refractivity contribution in [1.29, 1.82) is 0 Å². The molecule has 124 valence electrons. The fourth-order valence-electron chi connectivity index (χ4n) is 3.17. The highest BCUT2D eigenvalue weighted by atomic mass is 35.5. The van der Waals surface area contributed by atoms with Crippen LogP contribution in [0.4, 0.5) is 10.5 Å². The Balaban J connectivity index is 1.60. The van der Waals surface area contributed by atoms with Gasteiger partial charge in [-0.15, -0.1) is 0 Å². The molecule has 23 heavy (non-hydrogen) atoms. The summed E-state index contributed by atoms with van der Waals surface area (Å²) in [5.41, 5.74) is 0.823. The zero-order chi connectivity index (χ0) is 16.2. The van der Waals surface area contributed by atoms with E-state index in [9.17, 15) is 9.59 Å². The first-order valence-corrected chi connectivity index (χ1v) is 8.63. The molecule has 0 saturated carbocycles. The lowest BCUT2D eigenvalue weighted by Crippen LogP contribution is -2.42. The van der Waals surface area contributed by atoms with Gasteiger partial charge in [-0.05, 0) is 37.1 Å². The molecule has 5 nitrogen and oxygen atoms in total. The molecule has 0 spiro atoms. The number of amides is 3. The fourth-order valence-corrected chi connectivity index (χ4v) is 3.30. The van der Waals surface area contributed by atoms with Gasteiger partial charge < -0.3 is 9.80 Å². The molecule has 2 heterocycles. The number of nitrogens with zero attached hydrogens (tertiary/aromatic N) is 3. The molecule has 0 aliphatic carbocycles. The highest BCUT2D eigenvalue weighted by Gasteiger charge is 2.31. The van der Waals surface area contributed by atoms with Crippen molar-refractivity contribution in [2.45, 2.75) is 25.7 Å². The van der Waals surface area contributed by atoms with E-state index in [1.165, 1.54) is 12.8 Å². The van der Waals surface area contributed by atoms with Crippen molar-refractivity contribution in [3.05, 3.63) is 29.3 Å². The number of urea groups is 1. The second-order valence-electron chi connectivity index (χ2n) is 6.13. The minimum absolute atomic E-state index is 0.0678. The Kier molecular flexibility index (Phi) is 5.06. The monoisotopic (exact) mass is 335 g/mol. The van der Waals surface area contributed by atoms with Gasteiger partial charge in [-0.2, -0.15) is 0 Å². The summed E-state index contributed by atoms with van der Waals surface area (Å²) in [6, 6.07) is 7.11. The summed E-state index contributed by atoms with van der Waals surface area (Å²) in [5, 5.41) is 0.647. The van der Waals surface area contributed by atoms with E-state index in [4.69, 9.17) is 11.6 Å². The van der Waals surface area contributed by atoms with Crippen LogP contribution in [0.1, 0.15) is 25.7 Å². The number of likely N-dealkylation sites (tertiary alicyclic amines) is 1. The third-order valence-corrected chi connectivity index (χ3v) is 4.77. The Morgan fingerprint density at radius 3 is 2.26 bits per heavy atom. The Hall–Kier alpha value is -1.75.